The maximum absolute atomic E-state index is 14.6. The molecule has 0 aromatic heterocycles. The standard InChI is InChI=1S/C36H51N5O8/c1-6-7-26(30(43)33(45)37-24-10-11-24)38-32(44)28-20-36(19-27(40-49-36)23-8-12-25(47-5)13-9-23)21-41(28)34(46)31(35(2,3)4)39-29(42)18-22-14-16-48-17-15-22/h8-9,12-13,22,24,26,28,31H,6-7,10-11,14-21H2,1-5H3,(H,37,45)(H,38,44)(H,39,42)/t26-,28-,31+,36?/m0/s1. The van der Waals surface area contributed by atoms with Crippen molar-refractivity contribution in [2.75, 3.05) is 26.9 Å². The van der Waals surface area contributed by atoms with E-state index in [-0.39, 0.29) is 43.7 Å². The van der Waals surface area contributed by atoms with Crippen LogP contribution >= 0.6 is 0 Å². The zero-order valence-electron chi connectivity index (χ0n) is 29.3. The largest absolute Gasteiger partial charge is 0.497 e. The number of hydrogen-bond acceptors (Lipinski definition) is 9. The van der Waals surface area contributed by atoms with Gasteiger partial charge in [-0.3, -0.25) is 24.0 Å². The van der Waals surface area contributed by atoms with Crippen molar-refractivity contribution in [2.24, 2.45) is 16.5 Å². The number of methoxy groups -OCH3 is 1. The number of ketones is 1. The maximum Gasteiger partial charge on any atom is 0.289 e. The molecule has 5 rings (SSSR count). The highest BCUT2D eigenvalue weighted by Crippen LogP contribution is 2.40. The molecule has 1 aliphatic carbocycles. The molecular weight excluding hydrogens is 630 g/mol. The molecule has 0 bridgehead atoms. The van der Waals surface area contributed by atoms with Crippen LogP contribution in [0.1, 0.15) is 91.0 Å². The van der Waals surface area contributed by atoms with Crippen molar-refractivity contribution >= 4 is 35.1 Å². The van der Waals surface area contributed by atoms with Crippen LogP contribution in [0, 0.1) is 11.3 Å². The van der Waals surface area contributed by atoms with Crippen LogP contribution in [-0.2, 0) is 33.5 Å². The summed E-state index contributed by atoms with van der Waals surface area (Å²) in [5.74, 6) is -1.76. The van der Waals surface area contributed by atoms with Crippen LogP contribution in [0.2, 0.25) is 0 Å². The zero-order valence-corrected chi connectivity index (χ0v) is 29.3. The van der Waals surface area contributed by atoms with E-state index >= 15 is 0 Å². The number of Topliss-reactive ketones (excluding diaryl/α,β-unsaturated/α-hetero) is 1. The Labute approximate surface area is 288 Å². The van der Waals surface area contributed by atoms with Crippen LogP contribution in [0.3, 0.4) is 0 Å². The van der Waals surface area contributed by atoms with Gasteiger partial charge in [0, 0.05) is 38.5 Å². The highest BCUT2D eigenvalue weighted by molar-refractivity contribution is 6.38. The van der Waals surface area contributed by atoms with Crippen LogP contribution in [0.25, 0.3) is 0 Å². The van der Waals surface area contributed by atoms with E-state index in [0.29, 0.717) is 37.5 Å². The van der Waals surface area contributed by atoms with Gasteiger partial charge in [0.2, 0.25) is 23.5 Å². The highest BCUT2D eigenvalue weighted by atomic mass is 16.7. The Balaban J connectivity index is 1.38. The lowest BCUT2D eigenvalue weighted by Crippen LogP contribution is -2.59. The van der Waals surface area contributed by atoms with E-state index < -0.39 is 52.6 Å². The normalized spacial score (nSPS) is 23.7. The summed E-state index contributed by atoms with van der Waals surface area (Å²) in [6, 6.07) is 4.37. The Bertz CT molecular complexity index is 1430. The minimum Gasteiger partial charge on any atom is -0.497 e. The summed E-state index contributed by atoms with van der Waals surface area (Å²) in [6.45, 7) is 8.74. The average molecular weight is 682 g/mol. The van der Waals surface area contributed by atoms with Gasteiger partial charge in [0.1, 0.15) is 17.8 Å². The molecule has 0 radical (unpaired) electrons. The maximum atomic E-state index is 14.6. The third-order valence-corrected chi connectivity index (χ3v) is 9.83. The lowest BCUT2D eigenvalue weighted by Gasteiger charge is -2.36. The first-order valence-corrected chi connectivity index (χ1v) is 17.5. The van der Waals surface area contributed by atoms with Crippen molar-refractivity contribution in [2.45, 2.75) is 115 Å². The molecule has 2 saturated heterocycles. The Morgan fingerprint density at radius 2 is 1.73 bits per heavy atom. The number of amides is 4. The highest BCUT2D eigenvalue weighted by Gasteiger charge is 2.55. The summed E-state index contributed by atoms with van der Waals surface area (Å²) < 4.78 is 10.7. The molecular formula is C36H51N5O8. The van der Waals surface area contributed by atoms with E-state index in [9.17, 15) is 24.0 Å². The quantitative estimate of drug-likeness (QED) is 0.268. The number of likely N-dealkylation sites (tertiary alicyclic amines) is 1. The van der Waals surface area contributed by atoms with Gasteiger partial charge in [-0.05, 0) is 73.3 Å². The van der Waals surface area contributed by atoms with Gasteiger partial charge in [-0.2, -0.15) is 0 Å². The molecule has 3 aliphatic heterocycles. The summed E-state index contributed by atoms with van der Waals surface area (Å²) >= 11 is 0. The van der Waals surface area contributed by atoms with Gasteiger partial charge in [-0.1, -0.05) is 39.3 Å². The summed E-state index contributed by atoms with van der Waals surface area (Å²) in [7, 11) is 1.59. The molecule has 4 amide bonds. The van der Waals surface area contributed by atoms with E-state index in [1.807, 2.05) is 52.0 Å². The summed E-state index contributed by atoms with van der Waals surface area (Å²) in [5, 5.41) is 12.9. The molecule has 13 nitrogen and oxygen atoms in total. The first kappa shape index (κ1) is 36.3. The van der Waals surface area contributed by atoms with Crippen LogP contribution in [0.4, 0.5) is 0 Å². The monoisotopic (exact) mass is 681 g/mol. The topological polar surface area (TPSA) is 165 Å². The van der Waals surface area contributed by atoms with Crippen molar-refractivity contribution in [3.8, 4) is 5.75 Å². The Hall–Kier alpha value is -4.00. The molecule has 1 aromatic rings. The molecule has 1 spiro atoms. The van der Waals surface area contributed by atoms with Crippen LogP contribution in [0.15, 0.2) is 29.4 Å². The number of ether oxygens (including phenoxy) is 2. The Morgan fingerprint density at radius 1 is 1.04 bits per heavy atom. The molecule has 1 aromatic carbocycles. The van der Waals surface area contributed by atoms with Gasteiger partial charge in [0.15, 0.2) is 5.60 Å². The Kier molecular flexibility index (Phi) is 11.3. The molecule has 4 aliphatic rings. The first-order chi connectivity index (χ1) is 23.3. The average Bonchev–Trinajstić information content (AvgIpc) is 3.67. The summed E-state index contributed by atoms with van der Waals surface area (Å²) in [5.41, 5.74) is -0.201. The van der Waals surface area contributed by atoms with Gasteiger partial charge in [-0.15, -0.1) is 0 Å². The molecule has 268 valence electrons. The number of oxime groups is 1. The molecule has 4 atom stereocenters. The smallest absolute Gasteiger partial charge is 0.289 e. The number of hydrogen-bond donors (Lipinski definition) is 3. The van der Waals surface area contributed by atoms with Gasteiger partial charge in [-0.25, -0.2) is 0 Å². The third kappa shape index (κ3) is 8.97. The zero-order chi connectivity index (χ0) is 35.3. The van der Waals surface area contributed by atoms with E-state index in [1.54, 1.807) is 7.11 Å². The number of carbonyl (C=O) groups is 5. The first-order valence-electron chi connectivity index (χ1n) is 17.5. The lowest BCUT2D eigenvalue weighted by atomic mass is 9.85. The Morgan fingerprint density at radius 3 is 2.35 bits per heavy atom. The summed E-state index contributed by atoms with van der Waals surface area (Å²) in [6.07, 6.45) is 4.76. The van der Waals surface area contributed by atoms with Crippen LogP contribution < -0.4 is 20.7 Å². The van der Waals surface area contributed by atoms with E-state index in [2.05, 4.69) is 21.1 Å². The number of carbonyl (C=O) groups excluding carboxylic acids is 5. The van der Waals surface area contributed by atoms with Crippen molar-refractivity contribution in [1.82, 2.24) is 20.9 Å². The van der Waals surface area contributed by atoms with Gasteiger partial charge < -0.3 is 35.2 Å². The lowest BCUT2D eigenvalue weighted by molar-refractivity contribution is -0.145. The molecule has 1 saturated carbocycles. The van der Waals surface area contributed by atoms with Gasteiger partial charge in [0.25, 0.3) is 5.91 Å². The van der Waals surface area contributed by atoms with Gasteiger partial charge >= 0.3 is 0 Å². The molecule has 49 heavy (non-hydrogen) atoms. The van der Waals surface area contributed by atoms with E-state index in [4.69, 9.17) is 14.3 Å². The van der Waals surface area contributed by atoms with Gasteiger partial charge in [0.05, 0.1) is 25.4 Å². The SMILES string of the molecule is CCC[C@H](NC(=O)[C@@H]1CC2(CC(c3ccc(OC)cc3)=NO2)CN1C(=O)[C@@H](NC(=O)CC1CCOCC1)C(C)(C)C)C(=O)C(=O)NC1CC1. The third-order valence-electron chi connectivity index (χ3n) is 9.83. The predicted octanol–water partition coefficient (Wildman–Crippen LogP) is 2.64. The molecule has 1 unspecified atom stereocenters. The fourth-order valence-electron chi connectivity index (χ4n) is 6.78. The molecule has 3 heterocycles. The van der Waals surface area contributed by atoms with Crippen LogP contribution in [0.5, 0.6) is 5.75 Å². The van der Waals surface area contributed by atoms with Crippen molar-refractivity contribution in [3.05, 3.63) is 29.8 Å². The number of benzene rings is 1. The van der Waals surface area contributed by atoms with Crippen LogP contribution in [-0.4, -0.2) is 96.7 Å². The van der Waals surface area contributed by atoms with Crippen molar-refractivity contribution < 1.29 is 38.3 Å². The minimum atomic E-state index is -1.04. The second kappa shape index (κ2) is 15.3. The molecule has 3 fully saturated rings. The predicted molar refractivity (Wildman–Crippen MR) is 181 cm³/mol. The summed E-state index contributed by atoms with van der Waals surface area (Å²) in [4.78, 5) is 75.4. The molecule has 13 heteroatoms. The molecule has 3 N–H and O–H groups in total. The second-order valence-electron chi connectivity index (χ2n) is 15.0. The fraction of sp³-hybridized carbons (Fsp3) is 0.667. The van der Waals surface area contributed by atoms with Crippen molar-refractivity contribution in [3.63, 3.8) is 0 Å². The minimum absolute atomic E-state index is 0.00682. The second-order valence-corrected chi connectivity index (χ2v) is 15.0. The van der Waals surface area contributed by atoms with E-state index in [0.717, 1.165) is 31.2 Å². The number of nitrogens with zero attached hydrogens (tertiary/aromatic N) is 2. The van der Waals surface area contributed by atoms with Crippen molar-refractivity contribution in [1.29, 1.82) is 0 Å². The van der Waals surface area contributed by atoms with E-state index in [1.165, 1.54) is 4.90 Å². The number of nitrogens with one attached hydrogen (secondary N) is 3. The number of rotatable bonds is 13. The fourth-order valence-corrected chi connectivity index (χ4v) is 6.78.